The van der Waals surface area contributed by atoms with Crippen LogP contribution in [0.15, 0.2) is 24.3 Å². The molecule has 1 aliphatic rings. The van der Waals surface area contributed by atoms with E-state index in [1.54, 1.807) is 12.1 Å². The van der Waals surface area contributed by atoms with Crippen LogP contribution >= 0.6 is 11.3 Å². The Balaban J connectivity index is 1.63. The smallest absolute Gasteiger partial charge is 0.265 e. The summed E-state index contributed by atoms with van der Waals surface area (Å²) in [5, 5.41) is 0.968. The van der Waals surface area contributed by atoms with Crippen LogP contribution in [0.2, 0.25) is 0 Å². The maximum absolute atomic E-state index is 13.0. The van der Waals surface area contributed by atoms with E-state index in [9.17, 15) is 9.18 Å². The molecule has 0 unspecified atom stereocenters. The Hall–Kier alpha value is -1.99. The molecule has 2 heterocycles. The predicted molar refractivity (Wildman–Crippen MR) is 98.8 cm³/mol. The van der Waals surface area contributed by atoms with E-state index in [2.05, 4.69) is 9.88 Å². The van der Waals surface area contributed by atoms with Crippen LogP contribution < -0.4 is 4.90 Å². The lowest BCUT2D eigenvalue weighted by Crippen LogP contribution is -2.48. The fourth-order valence-electron chi connectivity index (χ4n) is 2.95. The molecule has 0 spiro atoms. The number of rotatable bonds is 4. The van der Waals surface area contributed by atoms with E-state index in [-0.39, 0.29) is 11.7 Å². The molecular weight excluding hydrogens is 339 g/mol. The molecule has 0 saturated carbocycles. The second kappa shape index (κ2) is 7.49. The van der Waals surface area contributed by atoms with Crippen molar-refractivity contribution in [3.05, 3.63) is 45.7 Å². The van der Waals surface area contributed by atoms with Crippen LogP contribution in [0, 0.1) is 12.7 Å². The number of piperazine rings is 1. The van der Waals surface area contributed by atoms with E-state index in [4.69, 9.17) is 0 Å². The number of nitrogens with zero attached hydrogens (tertiary/aromatic N) is 4. The summed E-state index contributed by atoms with van der Waals surface area (Å²) in [5.74, 6) is -0.162. The van der Waals surface area contributed by atoms with Gasteiger partial charge in [-0.1, -0.05) is 0 Å². The van der Waals surface area contributed by atoms with Crippen LogP contribution in [-0.4, -0.2) is 61.0 Å². The van der Waals surface area contributed by atoms with Gasteiger partial charge >= 0.3 is 0 Å². The van der Waals surface area contributed by atoms with Gasteiger partial charge in [-0.3, -0.25) is 4.79 Å². The van der Waals surface area contributed by atoms with Crippen molar-refractivity contribution in [2.75, 3.05) is 45.2 Å². The Morgan fingerprint density at radius 3 is 2.44 bits per heavy atom. The third-order valence-electron chi connectivity index (χ3n) is 4.25. The number of carbonyl (C=O) groups is 1. The Kier molecular flexibility index (Phi) is 5.34. The highest BCUT2D eigenvalue weighted by Gasteiger charge is 2.25. The van der Waals surface area contributed by atoms with Gasteiger partial charge in [0, 0.05) is 38.4 Å². The topological polar surface area (TPSA) is 39.7 Å². The van der Waals surface area contributed by atoms with Gasteiger partial charge in [0.1, 0.15) is 15.7 Å². The fraction of sp³-hybridized carbons (Fsp3) is 0.444. The molecule has 7 heteroatoms. The number of carbonyl (C=O) groups excluding carboxylic acids is 1. The molecule has 5 nitrogen and oxygen atoms in total. The van der Waals surface area contributed by atoms with Gasteiger partial charge in [-0.15, -0.1) is 11.3 Å². The van der Waals surface area contributed by atoms with Gasteiger partial charge in [-0.05, 0) is 45.3 Å². The minimum Gasteiger partial charge on any atom is -0.368 e. The number of aryl methyl sites for hydroxylation is 1. The summed E-state index contributed by atoms with van der Waals surface area (Å²) in [6, 6.07) is 6.51. The lowest BCUT2D eigenvalue weighted by molar-refractivity contribution is 0.0750. The van der Waals surface area contributed by atoms with Gasteiger partial charge in [0.25, 0.3) is 5.91 Å². The van der Waals surface area contributed by atoms with Crippen LogP contribution in [0.4, 0.5) is 10.1 Å². The zero-order chi connectivity index (χ0) is 18.0. The molecule has 0 radical (unpaired) electrons. The number of amides is 1. The highest BCUT2D eigenvalue weighted by atomic mass is 32.1. The third kappa shape index (κ3) is 4.16. The molecule has 1 saturated heterocycles. The highest BCUT2D eigenvalue weighted by Crippen LogP contribution is 2.23. The summed E-state index contributed by atoms with van der Waals surface area (Å²) in [5.41, 5.74) is 1.81. The first-order valence-electron chi connectivity index (χ1n) is 8.35. The second-order valence-electron chi connectivity index (χ2n) is 6.52. The van der Waals surface area contributed by atoms with Crippen molar-refractivity contribution < 1.29 is 9.18 Å². The molecule has 25 heavy (non-hydrogen) atoms. The summed E-state index contributed by atoms with van der Waals surface area (Å²) >= 11 is 1.49. The maximum Gasteiger partial charge on any atom is 0.265 e. The molecule has 0 atom stereocenters. The van der Waals surface area contributed by atoms with Crippen molar-refractivity contribution in [3.63, 3.8) is 0 Å². The van der Waals surface area contributed by atoms with E-state index in [1.807, 2.05) is 30.8 Å². The van der Waals surface area contributed by atoms with Gasteiger partial charge in [-0.2, -0.15) is 0 Å². The largest absolute Gasteiger partial charge is 0.368 e. The number of hydrogen-bond donors (Lipinski definition) is 0. The molecule has 3 rings (SSSR count). The van der Waals surface area contributed by atoms with Crippen molar-refractivity contribution >= 4 is 22.9 Å². The molecule has 0 bridgehead atoms. The first kappa shape index (κ1) is 17.8. The molecule has 1 aromatic heterocycles. The molecule has 2 aromatic rings. The van der Waals surface area contributed by atoms with Crippen molar-refractivity contribution in [1.82, 2.24) is 14.8 Å². The van der Waals surface area contributed by atoms with Crippen LogP contribution in [0.25, 0.3) is 0 Å². The van der Waals surface area contributed by atoms with Crippen molar-refractivity contribution in [1.29, 1.82) is 0 Å². The minimum absolute atomic E-state index is 0.0683. The van der Waals surface area contributed by atoms with Gasteiger partial charge in [-0.25, -0.2) is 9.37 Å². The van der Waals surface area contributed by atoms with Crippen LogP contribution in [0.5, 0.6) is 0 Å². The van der Waals surface area contributed by atoms with Gasteiger partial charge in [0.15, 0.2) is 0 Å². The summed E-state index contributed by atoms with van der Waals surface area (Å²) in [6.07, 6.45) is 0. The molecular formula is C18H23FN4OS. The zero-order valence-corrected chi connectivity index (χ0v) is 15.6. The third-order valence-corrected chi connectivity index (χ3v) is 5.38. The molecule has 134 valence electrons. The van der Waals surface area contributed by atoms with Crippen molar-refractivity contribution in [2.24, 2.45) is 0 Å². The SMILES string of the molecule is Cc1nc(CN(C)C)sc1C(=O)N1CCN(c2ccc(F)cc2)CC1. The fourth-order valence-corrected chi connectivity index (χ4v) is 4.10. The van der Waals surface area contributed by atoms with E-state index >= 15 is 0 Å². The quantitative estimate of drug-likeness (QED) is 0.838. The van der Waals surface area contributed by atoms with Gasteiger partial charge in [0.2, 0.25) is 0 Å². The first-order chi connectivity index (χ1) is 11.9. The number of anilines is 1. The summed E-state index contributed by atoms with van der Waals surface area (Å²) in [7, 11) is 3.99. The average molecular weight is 362 g/mol. The van der Waals surface area contributed by atoms with Crippen molar-refractivity contribution in [3.8, 4) is 0 Å². The molecule has 0 aliphatic carbocycles. The van der Waals surface area contributed by atoms with Crippen LogP contribution in [0.3, 0.4) is 0 Å². The number of aromatic nitrogens is 1. The van der Waals surface area contributed by atoms with Crippen molar-refractivity contribution in [2.45, 2.75) is 13.5 Å². The summed E-state index contributed by atoms with van der Waals surface area (Å²) < 4.78 is 13.0. The minimum atomic E-state index is -0.230. The Labute approximate surface area is 151 Å². The van der Waals surface area contributed by atoms with Crippen LogP contribution in [-0.2, 0) is 6.54 Å². The molecule has 1 fully saturated rings. The number of benzene rings is 1. The Morgan fingerprint density at radius 1 is 1.20 bits per heavy atom. The summed E-state index contributed by atoms with van der Waals surface area (Å²) in [6.45, 7) is 5.47. The van der Waals surface area contributed by atoms with Gasteiger partial charge in [0.05, 0.1) is 5.69 Å². The molecule has 1 aliphatic heterocycles. The molecule has 0 N–H and O–H groups in total. The Morgan fingerprint density at radius 2 is 1.84 bits per heavy atom. The Bertz CT molecular complexity index is 736. The monoisotopic (exact) mass is 362 g/mol. The predicted octanol–water partition coefficient (Wildman–Crippen LogP) is 2.61. The lowest BCUT2D eigenvalue weighted by Gasteiger charge is -2.36. The zero-order valence-electron chi connectivity index (χ0n) is 14.8. The van der Waals surface area contributed by atoms with E-state index in [1.165, 1.54) is 23.5 Å². The standard InChI is InChI=1S/C18H23FN4OS/c1-13-17(25-16(20-13)12-21(2)3)18(24)23-10-8-22(9-11-23)15-6-4-14(19)5-7-15/h4-7H,8-12H2,1-3H3. The van der Waals surface area contributed by atoms with E-state index in [0.717, 1.165) is 40.9 Å². The number of thiazole rings is 1. The van der Waals surface area contributed by atoms with Crippen LogP contribution in [0.1, 0.15) is 20.4 Å². The highest BCUT2D eigenvalue weighted by molar-refractivity contribution is 7.13. The number of halogens is 1. The first-order valence-corrected chi connectivity index (χ1v) is 9.16. The number of hydrogen-bond acceptors (Lipinski definition) is 5. The van der Waals surface area contributed by atoms with Gasteiger partial charge < -0.3 is 14.7 Å². The average Bonchev–Trinajstić information content (AvgIpc) is 2.94. The summed E-state index contributed by atoms with van der Waals surface area (Å²) in [4.78, 5) is 24.2. The molecule has 1 amide bonds. The second-order valence-corrected chi connectivity index (χ2v) is 7.60. The van der Waals surface area contributed by atoms with E-state index < -0.39 is 0 Å². The lowest BCUT2D eigenvalue weighted by atomic mass is 10.2. The normalized spacial score (nSPS) is 15.1. The maximum atomic E-state index is 13.0. The molecule has 1 aromatic carbocycles. The van der Waals surface area contributed by atoms with E-state index in [0.29, 0.717) is 13.1 Å².